The van der Waals surface area contributed by atoms with Gasteiger partial charge >= 0.3 is 10.2 Å². The maximum Gasteiger partial charge on any atom is 0.310 e. The van der Waals surface area contributed by atoms with E-state index in [1.165, 1.54) is 11.6 Å². The number of hydrogen-bond acceptors (Lipinski definition) is 3. The summed E-state index contributed by atoms with van der Waals surface area (Å²) in [5.41, 5.74) is 1.51. The Morgan fingerprint density at radius 1 is 0.931 bits per heavy atom. The van der Waals surface area contributed by atoms with Gasteiger partial charge in [-0.3, -0.25) is 0 Å². The molecule has 0 fully saturated rings. The lowest BCUT2D eigenvalue weighted by Crippen LogP contribution is -2.06. The zero-order valence-corrected chi connectivity index (χ0v) is 16.3. The maximum absolute atomic E-state index is 12.8. The van der Waals surface area contributed by atoms with Crippen molar-refractivity contribution in [3.05, 3.63) is 78.8 Å². The summed E-state index contributed by atoms with van der Waals surface area (Å²) < 4.78 is 76.0. The minimum Gasteiger partial charge on any atom is -0.340 e. The third-order valence-corrected chi connectivity index (χ3v) is 6.12. The first-order valence-corrected chi connectivity index (χ1v) is 11.2. The second-order valence-electron chi connectivity index (χ2n) is 6.01. The molecule has 10 heteroatoms. The summed E-state index contributed by atoms with van der Waals surface area (Å²) in [7, 11) is -11.0. The average Bonchev–Trinajstić information content (AvgIpc) is 2.66. The summed E-state index contributed by atoms with van der Waals surface area (Å²) in [6.45, 7) is 3.47. The number of hydrogen-bond donors (Lipinski definition) is 1. The lowest BCUT2D eigenvalue weighted by atomic mass is 10.1. The molecule has 0 saturated carbocycles. The fourth-order valence-corrected chi connectivity index (χ4v) is 3.78. The third-order valence-electron chi connectivity index (χ3n) is 3.92. The monoisotopic (exact) mass is 446 g/mol. The van der Waals surface area contributed by atoms with Crippen molar-refractivity contribution in [2.24, 2.45) is 0 Å². The van der Waals surface area contributed by atoms with E-state index in [1.807, 2.05) is 0 Å². The molecule has 3 nitrogen and oxygen atoms in total. The fraction of sp³-hybridized carbons (Fsp3) is 0. The number of anilines is 2. The minimum atomic E-state index is -9.71. The molecule has 0 aliphatic rings. The van der Waals surface area contributed by atoms with Crippen LogP contribution in [0.1, 0.15) is 0 Å². The minimum absolute atomic E-state index is 0.167. The number of nitrogens with zero attached hydrogens (tertiary/aromatic N) is 1. The number of pyridine rings is 1. The molecule has 3 aromatic rings. The SMILES string of the molecule is C=CS(=O)c1ccc(-c2cccnc2Nc2ccc(S(F)(F)(F)(F)F)cc2)cc1. The van der Waals surface area contributed by atoms with E-state index in [4.69, 9.17) is 0 Å². The van der Waals surface area contributed by atoms with Crippen LogP contribution in [-0.2, 0) is 10.8 Å². The fourth-order valence-electron chi connectivity index (χ4n) is 2.53. The zero-order chi connectivity index (χ0) is 21.3. The predicted octanol–water partition coefficient (Wildman–Crippen LogP) is 7.40. The van der Waals surface area contributed by atoms with Crippen molar-refractivity contribution in [2.75, 3.05) is 5.32 Å². The van der Waals surface area contributed by atoms with Crippen LogP contribution in [0.5, 0.6) is 0 Å². The molecule has 0 saturated heterocycles. The number of nitrogens with one attached hydrogen (secondary N) is 1. The maximum atomic E-state index is 12.8. The van der Waals surface area contributed by atoms with Crippen LogP contribution in [0.25, 0.3) is 11.1 Å². The molecule has 29 heavy (non-hydrogen) atoms. The lowest BCUT2D eigenvalue weighted by Gasteiger charge is -2.40. The molecule has 0 radical (unpaired) electrons. The highest BCUT2D eigenvalue weighted by atomic mass is 32.5. The van der Waals surface area contributed by atoms with Gasteiger partial charge in [0.15, 0.2) is 0 Å². The molecular formula is C19H15F5N2OS2. The molecule has 0 amide bonds. The Bertz CT molecular complexity index is 1080. The van der Waals surface area contributed by atoms with Gasteiger partial charge in [0, 0.05) is 27.8 Å². The first-order chi connectivity index (χ1) is 13.4. The van der Waals surface area contributed by atoms with Crippen molar-refractivity contribution >= 4 is 32.5 Å². The summed E-state index contributed by atoms with van der Waals surface area (Å²) in [5, 5.41) is 4.14. The summed E-state index contributed by atoms with van der Waals surface area (Å²) in [5.74, 6) is 0.324. The molecule has 0 aliphatic heterocycles. The van der Waals surface area contributed by atoms with E-state index in [0.29, 0.717) is 34.0 Å². The van der Waals surface area contributed by atoms with Crippen molar-refractivity contribution in [1.29, 1.82) is 0 Å². The van der Waals surface area contributed by atoms with Gasteiger partial charge in [-0.15, -0.1) is 0 Å². The summed E-state index contributed by atoms with van der Waals surface area (Å²) >= 11 is 0. The smallest absolute Gasteiger partial charge is 0.310 e. The van der Waals surface area contributed by atoms with Crippen LogP contribution in [-0.4, -0.2) is 9.19 Å². The summed E-state index contributed by atoms with van der Waals surface area (Å²) in [6.07, 6.45) is 1.48. The highest BCUT2D eigenvalue weighted by Crippen LogP contribution is 3.02. The molecule has 2 aromatic carbocycles. The molecular weight excluding hydrogens is 431 g/mol. The van der Waals surface area contributed by atoms with E-state index in [2.05, 4.69) is 16.9 Å². The standard InChI is InChI=1S/C19H15F5N2OS2/c1-2-28(27)16-9-5-14(6-10-16)18-4-3-13-25-19(18)26-15-7-11-17(12-8-15)29(20,21,22,23)24/h2-13H,1H2,(H,25,26). The van der Waals surface area contributed by atoms with Crippen LogP contribution >= 0.6 is 10.2 Å². The van der Waals surface area contributed by atoms with Crippen molar-refractivity contribution in [2.45, 2.75) is 9.79 Å². The number of rotatable bonds is 6. The van der Waals surface area contributed by atoms with Gasteiger partial charge in [0.2, 0.25) is 0 Å². The van der Waals surface area contributed by atoms with Crippen LogP contribution in [0.4, 0.5) is 30.9 Å². The van der Waals surface area contributed by atoms with Crippen LogP contribution in [0.2, 0.25) is 0 Å². The molecule has 0 bridgehead atoms. The summed E-state index contributed by atoms with van der Waals surface area (Å²) in [6, 6.07) is 12.7. The second kappa shape index (κ2) is 6.67. The number of aromatic nitrogens is 1. The largest absolute Gasteiger partial charge is 0.340 e. The zero-order valence-electron chi connectivity index (χ0n) is 14.7. The van der Waals surface area contributed by atoms with E-state index in [9.17, 15) is 23.6 Å². The Hall–Kier alpha value is -2.72. The van der Waals surface area contributed by atoms with Gasteiger partial charge in [-0.05, 0) is 54.1 Å². The van der Waals surface area contributed by atoms with Crippen LogP contribution < -0.4 is 5.32 Å². The molecule has 1 heterocycles. The first kappa shape index (κ1) is 21.0. The van der Waals surface area contributed by atoms with Gasteiger partial charge in [0.25, 0.3) is 0 Å². The second-order valence-corrected chi connectivity index (χ2v) is 9.82. The Labute approximate surface area is 166 Å². The van der Waals surface area contributed by atoms with Gasteiger partial charge in [-0.2, -0.15) is 0 Å². The topological polar surface area (TPSA) is 42.0 Å². The average molecular weight is 446 g/mol. The molecule has 1 N–H and O–H groups in total. The Morgan fingerprint density at radius 2 is 1.55 bits per heavy atom. The molecule has 3 rings (SSSR count). The van der Waals surface area contributed by atoms with E-state index in [-0.39, 0.29) is 5.69 Å². The summed E-state index contributed by atoms with van der Waals surface area (Å²) in [4.78, 5) is 2.78. The quantitative estimate of drug-likeness (QED) is 0.401. The lowest BCUT2D eigenvalue weighted by molar-refractivity contribution is 0.364. The highest BCUT2D eigenvalue weighted by molar-refractivity contribution is 8.45. The normalized spacial score (nSPS) is 15.1. The van der Waals surface area contributed by atoms with Crippen LogP contribution in [0.15, 0.2) is 88.6 Å². The van der Waals surface area contributed by atoms with E-state index < -0.39 is 25.9 Å². The van der Waals surface area contributed by atoms with Gasteiger partial charge < -0.3 is 5.32 Å². The van der Waals surface area contributed by atoms with Crippen LogP contribution in [0.3, 0.4) is 0 Å². The molecule has 154 valence electrons. The molecule has 1 atom stereocenters. The molecule has 1 unspecified atom stereocenters. The third kappa shape index (κ3) is 5.01. The molecule has 0 aliphatic carbocycles. The highest BCUT2D eigenvalue weighted by Gasteiger charge is 2.65. The Morgan fingerprint density at radius 3 is 2.10 bits per heavy atom. The van der Waals surface area contributed by atoms with Crippen LogP contribution in [0, 0.1) is 0 Å². The van der Waals surface area contributed by atoms with E-state index in [1.54, 1.807) is 36.4 Å². The van der Waals surface area contributed by atoms with Crippen molar-refractivity contribution in [3.8, 4) is 11.1 Å². The van der Waals surface area contributed by atoms with Gasteiger partial charge in [0.1, 0.15) is 10.7 Å². The van der Waals surface area contributed by atoms with Crippen molar-refractivity contribution in [1.82, 2.24) is 4.98 Å². The molecule has 1 aromatic heterocycles. The van der Waals surface area contributed by atoms with Gasteiger partial charge in [-0.1, -0.05) is 38.1 Å². The first-order valence-electron chi connectivity index (χ1n) is 8.07. The van der Waals surface area contributed by atoms with E-state index >= 15 is 0 Å². The molecule has 0 spiro atoms. The number of halogens is 5. The van der Waals surface area contributed by atoms with Crippen molar-refractivity contribution in [3.63, 3.8) is 0 Å². The van der Waals surface area contributed by atoms with Gasteiger partial charge in [-0.25, -0.2) is 9.19 Å². The number of benzene rings is 2. The van der Waals surface area contributed by atoms with E-state index in [0.717, 1.165) is 12.1 Å². The Kier molecular flexibility index (Phi) is 4.83. The Balaban J connectivity index is 1.91. The van der Waals surface area contributed by atoms with Gasteiger partial charge in [0.05, 0.1) is 10.8 Å². The predicted molar refractivity (Wildman–Crippen MR) is 107 cm³/mol. The van der Waals surface area contributed by atoms with Crippen molar-refractivity contribution < 1.29 is 23.6 Å².